The second-order valence-corrected chi connectivity index (χ2v) is 7.97. The summed E-state index contributed by atoms with van der Waals surface area (Å²) in [6.45, 7) is 0. The van der Waals surface area contributed by atoms with E-state index in [0.29, 0.717) is 0 Å². The van der Waals surface area contributed by atoms with E-state index in [1.54, 1.807) is 12.1 Å². The fraction of sp³-hybridized carbons (Fsp3) is 0. The van der Waals surface area contributed by atoms with Crippen molar-refractivity contribution in [3.05, 3.63) is 105 Å². The molecule has 0 saturated carbocycles. The molecule has 0 atom stereocenters. The lowest BCUT2D eigenvalue weighted by Crippen LogP contribution is -2.10. The van der Waals surface area contributed by atoms with Gasteiger partial charge in [-0.2, -0.15) is 0 Å². The van der Waals surface area contributed by atoms with Crippen molar-refractivity contribution < 1.29 is 10.2 Å². The van der Waals surface area contributed by atoms with E-state index in [1.165, 1.54) is 6.07 Å². The van der Waals surface area contributed by atoms with Gasteiger partial charge in [-0.25, -0.2) is 0 Å². The van der Waals surface area contributed by atoms with Crippen LogP contribution in [0.25, 0.3) is 35.4 Å². The predicted octanol–water partition coefficient (Wildman–Crippen LogP) is 1.71. The highest BCUT2D eigenvalue weighted by Gasteiger charge is 2.10. The quantitative estimate of drug-likeness (QED) is 0.244. The highest BCUT2D eigenvalue weighted by molar-refractivity contribution is 5.77. The lowest BCUT2D eigenvalue weighted by Gasteiger charge is -2.03. The molecule has 0 saturated heterocycles. The van der Waals surface area contributed by atoms with Crippen molar-refractivity contribution in [1.29, 1.82) is 0 Å². The fourth-order valence-corrected chi connectivity index (χ4v) is 4.13. The molecule has 0 unspecified atom stereocenters. The van der Waals surface area contributed by atoms with Crippen molar-refractivity contribution in [1.82, 2.24) is 19.9 Å². The van der Waals surface area contributed by atoms with E-state index in [-0.39, 0.29) is 11.5 Å². The number of fused-ring (bicyclic) bond motifs is 8. The van der Waals surface area contributed by atoms with Crippen LogP contribution >= 0.6 is 0 Å². The molecule has 0 aliphatic carbocycles. The molecule has 156 valence electrons. The van der Waals surface area contributed by atoms with Crippen LogP contribution in [-0.4, -0.2) is 30.1 Å². The van der Waals surface area contributed by atoms with Crippen molar-refractivity contribution in [2.45, 2.75) is 0 Å². The van der Waals surface area contributed by atoms with Crippen LogP contribution < -0.4 is 21.4 Å². The van der Waals surface area contributed by atoms with Gasteiger partial charge in [-0.1, -0.05) is 0 Å². The molecule has 0 amide bonds. The second-order valence-electron chi connectivity index (χ2n) is 7.97. The monoisotopic (exact) mass is 420 g/mol. The zero-order chi connectivity index (χ0) is 21.7. The average Bonchev–Trinajstić information content (AvgIpc) is 3.52. The first-order chi connectivity index (χ1) is 15.6. The summed E-state index contributed by atoms with van der Waals surface area (Å²) in [6, 6.07) is 18.8. The number of benzene rings is 1. The Morgan fingerprint density at radius 1 is 0.469 bits per heavy atom. The molecular weight excluding hydrogens is 400 g/mol. The Morgan fingerprint density at radius 3 is 1.59 bits per heavy atom. The van der Waals surface area contributed by atoms with Gasteiger partial charge in [0.25, 0.3) is 0 Å². The van der Waals surface area contributed by atoms with Gasteiger partial charge in [0.05, 0.1) is 0 Å². The lowest BCUT2D eigenvalue weighted by atomic mass is 10.0. The number of aromatic amines is 4. The SMILES string of the molecule is Oc1cc(O)cc(-c2cc3[nH]c2C=c2ccc([nH]2)=Cc2ccc([nH]2)C=c2ccc([nH]2)=C3)c1. The summed E-state index contributed by atoms with van der Waals surface area (Å²) in [4.78, 5) is 13.7. The van der Waals surface area contributed by atoms with Gasteiger partial charge in [0.2, 0.25) is 0 Å². The molecule has 8 bridgehead atoms. The van der Waals surface area contributed by atoms with Gasteiger partial charge in [-0.15, -0.1) is 0 Å². The van der Waals surface area contributed by atoms with Crippen LogP contribution in [0.1, 0.15) is 22.8 Å². The Morgan fingerprint density at radius 2 is 1.00 bits per heavy atom. The number of phenols is 2. The molecule has 0 spiro atoms. The molecule has 5 aromatic rings. The number of phenolic OH excluding ortho intramolecular Hbond substituents is 2. The summed E-state index contributed by atoms with van der Waals surface area (Å²) in [5, 5.41) is 23.9. The third-order valence-corrected chi connectivity index (χ3v) is 5.51. The Labute approximate surface area is 182 Å². The second kappa shape index (κ2) is 6.99. The maximum Gasteiger partial charge on any atom is 0.119 e. The fourth-order valence-electron chi connectivity index (χ4n) is 4.13. The summed E-state index contributed by atoms with van der Waals surface area (Å²) < 4.78 is 0. The molecule has 32 heavy (non-hydrogen) atoms. The number of aromatic hydroxyl groups is 2. The van der Waals surface area contributed by atoms with Gasteiger partial charge < -0.3 is 30.1 Å². The first-order valence-electron chi connectivity index (χ1n) is 10.3. The zero-order valence-corrected chi connectivity index (χ0v) is 17.0. The van der Waals surface area contributed by atoms with E-state index in [2.05, 4.69) is 38.2 Å². The Hall–Kier alpha value is -4.58. The normalized spacial score (nSPS) is 12.4. The molecule has 1 aliphatic heterocycles. The van der Waals surface area contributed by atoms with Crippen LogP contribution in [0.15, 0.2) is 60.7 Å². The van der Waals surface area contributed by atoms with Crippen molar-refractivity contribution in [2.24, 2.45) is 0 Å². The average molecular weight is 420 g/mol. The molecule has 5 heterocycles. The summed E-state index contributed by atoms with van der Waals surface area (Å²) in [7, 11) is 0. The molecular formula is C26H20N4O2. The molecule has 4 aromatic heterocycles. The summed E-state index contributed by atoms with van der Waals surface area (Å²) in [5.41, 5.74) is 5.38. The number of H-pyrrole nitrogens is 4. The highest BCUT2D eigenvalue weighted by Crippen LogP contribution is 2.32. The minimum atomic E-state index is 0.0162. The molecule has 6 N–H and O–H groups in total. The topological polar surface area (TPSA) is 104 Å². The largest absolute Gasteiger partial charge is 0.508 e. The number of hydrogen-bond acceptors (Lipinski definition) is 2. The van der Waals surface area contributed by atoms with E-state index < -0.39 is 0 Å². The summed E-state index contributed by atoms with van der Waals surface area (Å²) in [5.74, 6) is 0.0324. The van der Waals surface area contributed by atoms with Gasteiger partial charge in [-0.05, 0) is 84.5 Å². The number of hydrogen-bond donors (Lipinski definition) is 6. The van der Waals surface area contributed by atoms with Gasteiger partial charge in [0.1, 0.15) is 11.5 Å². The lowest BCUT2D eigenvalue weighted by molar-refractivity contribution is 0.451. The minimum absolute atomic E-state index is 0.0162. The standard InChI is InChI=1S/C26H20N4O2/c31-23-7-15(8-24(32)14-23)25-12-22-11-20-4-3-18(28-20)9-16-1-2-17(27-16)10-19-5-6-21(29-19)13-26(25)30-22/h1-14,27-32H. The van der Waals surface area contributed by atoms with Crippen molar-refractivity contribution >= 4 is 24.3 Å². The Bertz CT molecular complexity index is 1690. The van der Waals surface area contributed by atoms with Crippen LogP contribution in [-0.2, 0) is 0 Å². The first-order valence-corrected chi connectivity index (χ1v) is 10.3. The van der Waals surface area contributed by atoms with E-state index in [1.807, 2.05) is 48.6 Å². The maximum atomic E-state index is 10.0. The third kappa shape index (κ3) is 3.44. The number of rotatable bonds is 1. The third-order valence-electron chi connectivity index (χ3n) is 5.51. The Balaban J connectivity index is 1.63. The van der Waals surface area contributed by atoms with Gasteiger partial charge >= 0.3 is 0 Å². The molecule has 6 nitrogen and oxygen atoms in total. The highest BCUT2D eigenvalue weighted by atomic mass is 16.3. The van der Waals surface area contributed by atoms with Gasteiger partial charge in [0.15, 0.2) is 0 Å². The van der Waals surface area contributed by atoms with E-state index in [4.69, 9.17) is 0 Å². The van der Waals surface area contributed by atoms with Gasteiger partial charge in [-0.3, -0.25) is 0 Å². The molecule has 1 aliphatic rings. The van der Waals surface area contributed by atoms with E-state index in [9.17, 15) is 10.2 Å². The maximum absolute atomic E-state index is 10.0. The molecule has 1 aromatic carbocycles. The molecule has 0 fully saturated rings. The minimum Gasteiger partial charge on any atom is -0.508 e. The van der Waals surface area contributed by atoms with Crippen LogP contribution in [0, 0.1) is 0 Å². The predicted molar refractivity (Wildman–Crippen MR) is 125 cm³/mol. The Kier molecular flexibility index (Phi) is 3.98. The van der Waals surface area contributed by atoms with Crippen molar-refractivity contribution in [3.8, 4) is 22.6 Å². The molecule has 0 radical (unpaired) electrons. The smallest absolute Gasteiger partial charge is 0.119 e. The van der Waals surface area contributed by atoms with Gasteiger partial charge in [0, 0.05) is 55.8 Å². The van der Waals surface area contributed by atoms with E-state index >= 15 is 0 Å². The number of aromatic nitrogens is 4. The van der Waals surface area contributed by atoms with Crippen LogP contribution in [0.4, 0.5) is 0 Å². The molecule has 6 rings (SSSR count). The van der Waals surface area contributed by atoms with Crippen LogP contribution in [0.3, 0.4) is 0 Å². The van der Waals surface area contributed by atoms with Crippen molar-refractivity contribution in [3.63, 3.8) is 0 Å². The molecule has 6 heteroatoms. The van der Waals surface area contributed by atoms with Crippen LogP contribution in [0.2, 0.25) is 0 Å². The number of nitrogens with one attached hydrogen (secondary N) is 4. The summed E-state index contributed by atoms with van der Waals surface area (Å²) >= 11 is 0. The zero-order valence-electron chi connectivity index (χ0n) is 17.0. The van der Waals surface area contributed by atoms with Crippen LogP contribution in [0.5, 0.6) is 11.5 Å². The van der Waals surface area contributed by atoms with E-state index in [0.717, 1.165) is 55.3 Å². The van der Waals surface area contributed by atoms with Crippen molar-refractivity contribution in [2.75, 3.05) is 0 Å². The first kappa shape index (κ1) is 18.2. The summed E-state index contributed by atoms with van der Waals surface area (Å²) in [6.07, 6.45) is 8.17.